The molecule has 14 heavy (non-hydrogen) atoms. The van der Waals surface area contributed by atoms with Crippen LogP contribution in [0, 0.1) is 17.8 Å². The number of nitrogens with two attached hydrogens (primary N) is 1. The van der Waals surface area contributed by atoms with Gasteiger partial charge in [-0.1, -0.05) is 12.3 Å². The van der Waals surface area contributed by atoms with Crippen molar-refractivity contribution < 1.29 is 4.79 Å². The Balaban J connectivity index is 2.31. The second kappa shape index (κ2) is 5.66. The van der Waals surface area contributed by atoms with Crippen LogP contribution in [-0.2, 0) is 4.79 Å². The van der Waals surface area contributed by atoms with Crippen LogP contribution in [0.3, 0.4) is 0 Å². The SMILES string of the molecule is CC#CCNC(=O)C1CCCC(N)C1. The first-order chi connectivity index (χ1) is 6.74. The molecular weight excluding hydrogens is 176 g/mol. The molecule has 1 saturated carbocycles. The Labute approximate surface area is 85.4 Å². The fourth-order valence-electron chi connectivity index (χ4n) is 1.83. The topological polar surface area (TPSA) is 55.1 Å². The summed E-state index contributed by atoms with van der Waals surface area (Å²) < 4.78 is 0. The van der Waals surface area contributed by atoms with Gasteiger partial charge in [-0.2, -0.15) is 0 Å². The van der Waals surface area contributed by atoms with Crippen LogP contribution in [0.25, 0.3) is 0 Å². The van der Waals surface area contributed by atoms with E-state index in [0.717, 1.165) is 25.7 Å². The highest BCUT2D eigenvalue weighted by molar-refractivity contribution is 5.79. The second-order valence-electron chi connectivity index (χ2n) is 3.77. The average Bonchev–Trinajstić information content (AvgIpc) is 2.18. The third kappa shape index (κ3) is 3.39. The summed E-state index contributed by atoms with van der Waals surface area (Å²) in [5.41, 5.74) is 5.81. The first-order valence-corrected chi connectivity index (χ1v) is 5.17. The lowest BCUT2D eigenvalue weighted by Crippen LogP contribution is -2.37. The molecule has 1 aliphatic rings. The van der Waals surface area contributed by atoms with Crippen molar-refractivity contribution in [1.29, 1.82) is 0 Å². The van der Waals surface area contributed by atoms with E-state index in [9.17, 15) is 4.79 Å². The summed E-state index contributed by atoms with van der Waals surface area (Å²) in [7, 11) is 0. The minimum absolute atomic E-state index is 0.109. The maximum atomic E-state index is 11.6. The molecule has 0 aromatic heterocycles. The fraction of sp³-hybridized carbons (Fsp3) is 0.727. The van der Waals surface area contributed by atoms with Crippen LogP contribution >= 0.6 is 0 Å². The largest absolute Gasteiger partial charge is 0.345 e. The van der Waals surface area contributed by atoms with Crippen molar-refractivity contribution in [3.8, 4) is 11.8 Å². The Morgan fingerprint density at radius 1 is 1.57 bits per heavy atom. The van der Waals surface area contributed by atoms with E-state index in [1.807, 2.05) is 0 Å². The molecule has 3 heteroatoms. The van der Waals surface area contributed by atoms with Crippen LogP contribution in [0.4, 0.5) is 0 Å². The normalized spacial score (nSPS) is 26.1. The zero-order valence-electron chi connectivity index (χ0n) is 8.68. The van der Waals surface area contributed by atoms with Gasteiger partial charge in [0.05, 0.1) is 6.54 Å². The van der Waals surface area contributed by atoms with Crippen LogP contribution in [0.5, 0.6) is 0 Å². The van der Waals surface area contributed by atoms with E-state index in [-0.39, 0.29) is 17.9 Å². The molecule has 2 unspecified atom stereocenters. The summed E-state index contributed by atoms with van der Waals surface area (Å²) in [6.45, 7) is 2.23. The highest BCUT2D eigenvalue weighted by Crippen LogP contribution is 2.22. The van der Waals surface area contributed by atoms with Crippen molar-refractivity contribution in [2.45, 2.75) is 38.6 Å². The fourth-order valence-corrected chi connectivity index (χ4v) is 1.83. The molecule has 0 spiro atoms. The quantitative estimate of drug-likeness (QED) is 0.634. The first kappa shape index (κ1) is 11.1. The van der Waals surface area contributed by atoms with E-state index in [4.69, 9.17) is 5.73 Å². The summed E-state index contributed by atoms with van der Waals surface area (Å²) in [5.74, 6) is 5.78. The van der Waals surface area contributed by atoms with E-state index >= 15 is 0 Å². The third-order valence-electron chi connectivity index (χ3n) is 2.61. The molecule has 0 saturated heterocycles. The van der Waals surface area contributed by atoms with E-state index < -0.39 is 0 Å². The van der Waals surface area contributed by atoms with E-state index in [0.29, 0.717) is 6.54 Å². The molecule has 0 bridgehead atoms. The molecule has 1 aliphatic carbocycles. The van der Waals surface area contributed by atoms with Crippen molar-refractivity contribution in [1.82, 2.24) is 5.32 Å². The van der Waals surface area contributed by atoms with Crippen LogP contribution in [0.15, 0.2) is 0 Å². The molecule has 0 aromatic rings. The lowest BCUT2D eigenvalue weighted by Gasteiger charge is -2.25. The van der Waals surface area contributed by atoms with Crippen LogP contribution in [-0.4, -0.2) is 18.5 Å². The summed E-state index contributed by atoms with van der Waals surface area (Å²) in [6, 6.07) is 0.205. The Hall–Kier alpha value is -1.01. The van der Waals surface area contributed by atoms with Crippen molar-refractivity contribution >= 4 is 5.91 Å². The molecule has 2 atom stereocenters. The van der Waals surface area contributed by atoms with Gasteiger partial charge in [0.2, 0.25) is 5.91 Å². The molecule has 1 fully saturated rings. The van der Waals surface area contributed by atoms with Crippen molar-refractivity contribution in [3.63, 3.8) is 0 Å². The van der Waals surface area contributed by atoms with Crippen LogP contribution in [0.2, 0.25) is 0 Å². The lowest BCUT2D eigenvalue weighted by atomic mass is 9.85. The molecule has 0 heterocycles. The minimum atomic E-state index is 0.109. The molecule has 0 radical (unpaired) electrons. The molecule has 3 nitrogen and oxygen atoms in total. The van der Waals surface area contributed by atoms with E-state index in [1.165, 1.54) is 0 Å². The van der Waals surface area contributed by atoms with Gasteiger partial charge < -0.3 is 11.1 Å². The number of amides is 1. The summed E-state index contributed by atoms with van der Waals surface area (Å²) in [5, 5.41) is 2.81. The maximum Gasteiger partial charge on any atom is 0.223 e. The van der Waals surface area contributed by atoms with Gasteiger partial charge in [0.15, 0.2) is 0 Å². The zero-order chi connectivity index (χ0) is 10.4. The van der Waals surface area contributed by atoms with E-state index in [1.54, 1.807) is 6.92 Å². The smallest absolute Gasteiger partial charge is 0.223 e. The zero-order valence-corrected chi connectivity index (χ0v) is 8.68. The van der Waals surface area contributed by atoms with Crippen molar-refractivity contribution in [2.75, 3.05) is 6.54 Å². The van der Waals surface area contributed by atoms with Gasteiger partial charge >= 0.3 is 0 Å². The Kier molecular flexibility index (Phi) is 4.48. The third-order valence-corrected chi connectivity index (χ3v) is 2.61. The minimum Gasteiger partial charge on any atom is -0.345 e. The Bertz CT molecular complexity index is 252. The molecule has 0 aromatic carbocycles. The lowest BCUT2D eigenvalue weighted by molar-refractivity contribution is -0.125. The van der Waals surface area contributed by atoms with Gasteiger partial charge in [0, 0.05) is 12.0 Å². The molecule has 1 rings (SSSR count). The molecule has 1 amide bonds. The van der Waals surface area contributed by atoms with Crippen LogP contribution in [0.1, 0.15) is 32.6 Å². The molecule has 3 N–H and O–H groups in total. The maximum absolute atomic E-state index is 11.6. The van der Waals surface area contributed by atoms with Gasteiger partial charge in [-0.15, -0.1) is 5.92 Å². The van der Waals surface area contributed by atoms with Crippen LogP contribution < -0.4 is 11.1 Å². The molecule has 0 aliphatic heterocycles. The van der Waals surface area contributed by atoms with Gasteiger partial charge in [-0.05, 0) is 26.2 Å². The van der Waals surface area contributed by atoms with Crippen molar-refractivity contribution in [2.24, 2.45) is 11.7 Å². The van der Waals surface area contributed by atoms with Gasteiger partial charge in [0.25, 0.3) is 0 Å². The van der Waals surface area contributed by atoms with Gasteiger partial charge in [-0.3, -0.25) is 4.79 Å². The summed E-state index contributed by atoms with van der Waals surface area (Å²) in [6.07, 6.45) is 3.92. The number of carbonyl (C=O) groups is 1. The summed E-state index contributed by atoms with van der Waals surface area (Å²) in [4.78, 5) is 11.6. The number of hydrogen-bond donors (Lipinski definition) is 2. The monoisotopic (exact) mass is 194 g/mol. The predicted molar refractivity (Wildman–Crippen MR) is 56.4 cm³/mol. The summed E-state index contributed by atoms with van der Waals surface area (Å²) >= 11 is 0. The number of carbonyl (C=O) groups excluding carboxylic acids is 1. The van der Waals surface area contributed by atoms with Gasteiger partial charge in [0.1, 0.15) is 0 Å². The predicted octanol–water partition coefficient (Wildman–Crippen LogP) is 0.643. The number of hydrogen-bond acceptors (Lipinski definition) is 2. The highest BCUT2D eigenvalue weighted by atomic mass is 16.1. The standard InChI is InChI=1S/C11H18N2O/c1-2-3-7-13-11(14)9-5-4-6-10(12)8-9/h9-10H,4-8,12H2,1H3,(H,13,14). The van der Waals surface area contributed by atoms with E-state index in [2.05, 4.69) is 17.2 Å². The Morgan fingerprint density at radius 2 is 2.36 bits per heavy atom. The second-order valence-corrected chi connectivity index (χ2v) is 3.77. The van der Waals surface area contributed by atoms with Crippen molar-refractivity contribution in [3.05, 3.63) is 0 Å². The number of nitrogens with one attached hydrogen (secondary N) is 1. The Morgan fingerprint density at radius 3 is 3.00 bits per heavy atom. The highest BCUT2D eigenvalue weighted by Gasteiger charge is 2.24. The average molecular weight is 194 g/mol. The molecular formula is C11H18N2O. The van der Waals surface area contributed by atoms with Gasteiger partial charge in [-0.25, -0.2) is 0 Å². The first-order valence-electron chi connectivity index (χ1n) is 5.17. The molecule has 78 valence electrons. The number of rotatable bonds is 2.